The Morgan fingerprint density at radius 3 is 2.71 bits per heavy atom. The number of aryl methyl sites for hydroxylation is 1. The molecule has 0 unspecified atom stereocenters. The van der Waals surface area contributed by atoms with Crippen molar-refractivity contribution in [1.82, 2.24) is 4.98 Å². The van der Waals surface area contributed by atoms with Crippen LogP contribution < -0.4 is 5.32 Å². The van der Waals surface area contributed by atoms with Crippen LogP contribution in [0.1, 0.15) is 37.7 Å². The molecule has 0 spiro atoms. The average molecular weight is 190 g/mol. The van der Waals surface area contributed by atoms with Crippen LogP contribution in [0, 0.1) is 6.92 Å². The third kappa shape index (κ3) is 2.47. The fourth-order valence-electron chi connectivity index (χ4n) is 2.12. The Hall–Kier alpha value is -1.05. The molecule has 0 saturated heterocycles. The van der Waals surface area contributed by atoms with Crippen molar-refractivity contribution < 1.29 is 0 Å². The Kier molecular flexibility index (Phi) is 3.02. The van der Waals surface area contributed by atoms with Gasteiger partial charge in [-0.1, -0.05) is 19.3 Å². The highest BCUT2D eigenvalue weighted by molar-refractivity contribution is 5.43. The maximum Gasteiger partial charge on any atom is 0.0531 e. The van der Waals surface area contributed by atoms with Crippen LogP contribution in [-0.2, 0) is 0 Å². The molecule has 1 aliphatic rings. The summed E-state index contributed by atoms with van der Waals surface area (Å²) in [6.07, 6.45) is 10.6. The van der Waals surface area contributed by atoms with Gasteiger partial charge in [0.25, 0.3) is 0 Å². The van der Waals surface area contributed by atoms with E-state index < -0.39 is 0 Å². The summed E-state index contributed by atoms with van der Waals surface area (Å²) in [5, 5.41) is 3.56. The molecule has 1 N–H and O–H groups in total. The molecule has 2 heteroatoms. The first-order valence-electron chi connectivity index (χ1n) is 5.53. The van der Waals surface area contributed by atoms with E-state index in [1.54, 1.807) is 0 Å². The number of nitrogens with one attached hydrogen (secondary N) is 1. The predicted molar refractivity (Wildman–Crippen MR) is 59.5 cm³/mol. The fourth-order valence-corrected chi connectivity index (χ4v) is 2.12. The predicted octanol–water partition coefficient (Wildman–Crippen LogP) is 3.13. The number of nitrogens with zero attached hydrogens (tertiary/aromatic N) is 1. The quantitative estimate of drug-likeness (QED) is 0.775. The lowest BCUT2D eigenvalue weighted by Crippen LogP contribution is -2.22. The molecule has 76 valence electrons. The topological polar surface area (TPSA) is 24.9 Å². The molecule has 0 bridgehead atoms. The molecule has 1 heterocycles. The van der Waals surface area contributed by atoms with Crippen molar-refractivity contribution in [1.29, 1.82) is 0 Å². The van der Waals surface area contributed by atoms with Crippen LogP contribution in [0.5, 0.6) is 0 Å². The Bertz CT molecular complexity index is 290. The van der Waals surface area contributed by atoms with Gasteiger partial charge >= 0.3 is 0 Å². The van der Waals surface area contributed by atoms with E-state index in [1.165, 1.54) is 43.4 Å². The molecule has 0 radical (unpaired) electrons. The van der Waals surface area contributed by atoms with Gasteiger partial charge in [0.05, 0.1) is 5.69 Å². The number of aromatic nitrogens is 1. The Morgan fingerprint density at radius 1 is 1.21 bits per heavy atom. The maximum absolute atomic E-state index is 4.19. The smallest absolute Gasteiger partial charge is 0.0531 e. The van der Waals surface area contributed by atoms with Gasteiger partial charge in [0.2, 0.25) is 0 Å². The molecule has 1 aliphatic carbocycles. The number of anilines is 1. The van der Waals surface area contributed by atoms with E-state index >= 15 is 0 Å². The van der Waals surface area contributed by atoms with E-state index in [4.69, 9.17) is 0 Å². The zero-order valence-electron chi connectivity index (χ0n) is 8.79. The molecular formula is C12H18N2. The van der Waals surface area contributed by atoms with Crippen LogP contribution in [0.4, 0.5) is 5.69 Å². The number of hydrogen-bond acceptors (Lipinski definition) is 2. The van der Waals surface area contributed by atoms with Crippen molar-refractivity contribution in [2.45, 2.75) is 45.1 Å². The molecule has 1 fully saturated rings. The average Bonchev–Trinajstić information content (AvgIpc) is 2.19. The van der Waals surface area contributed by atoms with Crippen molar-refractivity contribution >= 4 is 5.69 Å². The Balaban J connectivity index is 1.95. The largest absolute Gasteiger partial charge is 0.381 e. The van der Waals surface area contributed by atoms with Crippen LogP contribution >= 0.6 is 0 Å². The highest BCUT2D eigenvalue weighted by Crippen LogP contribution is 2.21. The molecule has 0 aromatic carbocycles. The third-order valence-electron chi connectivity index (χ3n) is 2.85. The van der Waals surface area contributed by atoms with E-state index in [0.717, 1.165) is 0 Å². The highest BCUT2D eigenvalue weighted by atomic mass is 14.9. The van der Waals surface area contributed by atoms with Gasteiger partial charge in [-0.05, 0) is 31.4 Å². The summed E-state index contributed by atoms with van der Waals surface area (Å²) in [5.41, 5.74) is 2.41. The minimum atomic E-state index is 0.673. The van der Waals surface area contributed by atoms with Gasteiger partial charge in [0.15, 0.2) is 0 Å². The first-order valence-corrected chi connectivity index (χ1v) is 5.53. The van der Waals surface area contributed by atoms with Crippen LogP contribution in [0.15, 0.2) is 18.5 Å². The lowest BCUT2D eigenvalue weighted by Gasteiger charge is -2.23. The number of hydrogen-bond donors (Lipinski definition) is 1. The summed E-state index contributed by atoms with van der Waals surface area (Å²) in [6.45, 7) is 2.08. The third-order valence-corrected chi connectivity index (χ3v) is 2.85. The second-order valence-corrected chi connectivity index (χ2v) is 4.23. The molecule has 1 saturated carbocycles. The van der Waals surface area contributed by atoms with Crippen molar-refractivity contribution in [3.8, 4) is 0 Å². The Labute approximate surface area is 85.7 Å². The molecule has 2 nitrogen and oxygen atoms in total. The van der Waals surface area contributed by atoms with E-state index in [9.17, 15) is 0 Å². The fraction of sp³-hybridized carbons (Fsp3) is 0.583. The van der Waals surface area contributed by atoms with Crippen molar-refractivity contribution in [2.24, 2.45) is 0 Å². The number of rotatable bonds is 2. The zero-order valence-corrected chi connectivity index (χ0v) is 8.79. The summed E-state index contributed by atoms with van der Waals surface area (Å²) in [4.78, 5) is 4.19. The van der Waals surface area contributed by atoms with Gasteiger partial charge < -0.3 is 5.32 Å². The standard InChI is InChI=1S/C12H18N2/c1-10-7-12(9-13-8-10)14-11-5-3-2-4-6-11/h7-9,11,14H,2-6H2,1H3. The van der Waals surface area contributed by atoms with Crippen molar-refractivity contribution in [2.75, 3.05) is 5.32 Å². The molecular weight excluding hydrogens is 172 g/mol. The van der Waals surface area contributed by atoms with Crippen LogP contribution in [0.25, 0.3) is 0 Å². The zero-order chi connectivity index (χ0) is 9.80. The van der Waals surface area contributed by atoms with Gasteiger partial charge in [0, 0.05) is 18.4 Å². The molecule has 0 aliphatic heterocycles. The van der Waals surface area contributed by atoms with Gasteiger partial charge in [-0.2, -0.15) is 0 Å². The summed E-state index contributed by atoms with van der Waals surface area (Å²) in [6, 6.07) is 2.84. The lowest BCUT2D eigenvalue weighted by molar-refractivity contribution is 0.462. The van der Waals surface area contributed by atoms with Crippen LogP contribution in [0.2, 0.25) is 0 Å². The van der Waals surface area contributed by atoms with E-state index in [0.29, 0.717) is 6.04 Å². The van der Waals surface area contributed by atoms with Gasteiger partial charge in [-0.25, -0.2) is 0 Å². The van der Waals surface area contributed by atoms with E-state index in [2.05, 4.69) is 23.3 Å². The first kappa shape index (κ1) is 9.50. The van der Waals surface area contributed by atoms with E-state index in [1.807, 2.05) is 12.4 Å². The minimum Gasteiger partial charge on any atom is -0.381 e. The van der Waals surface area contributed by atoms with E-state index in [-0.39, 0.29) is 0 Å². The molecule has 1 aromatic heterocycles. The summed E-state index contributed by atoms with van der Waals surface area (Å²) in [7, 11) is 0. The Morgan fingerprint density at radius 2 is 2.00 bits per heavy atom. The maximum atomic E-state index is 4.19. The monoisotopic (exact) mass is 190 g/mol. The molecule has 0 atom stereocenters. The summed E-state index contributed by atoms with van der Waals surface area (Å²) >= 11 is 0. The second-order valence-electron chi connectivity index (χ2n) is 4.23. The lowest BCUT2D eigenvalue weighted by atomic mass is 9.95. The molecule has 1 aromatic rings. The molecule has 2 rings (SSSR count). The van der Waals surface area contributed by atoms with Gasteiger partial charge in [-0.3, -0.25) is 4.98 Å². The van der Waals surface area contributed by atoms with Crippen LogP contribution in [0.3, 0.4) is 0 Å². The first-order chi connectivity index (χ1) is 6.84. The molecule has 14 heavy (non-hydrogen) atoms. The SMILES string of the molecule is Cc1cncc(NC2CCCCC2)c1. The molecule has 0 amide bonds. The minimum absolute atomic E-state index is 0.673. The summed E-state index contributed by atoms with van der Waals surface area (Å²) < 4.78 is 0. The summed E-state index contributed by atoms with van der Waals surface area (Å²) in [5.74, 6) is 0. The normalized spacial score (nSPS) is 18.1. The number of pyridine rings is 1. The van der Waals surface area contributed by atoms with Gasteiger partial charge in [-0.15, -0.1) is 0 Å². The van der Waals surface area contributed by atoms with Crippen molar-refractivity contribution in [3.63, 3.8) is 0 Å². The second kappa shape index (κ2) is 4.45. The van der Waals surface area contributed by atoms with Crippen LogP contribution in [-0.4, -0.2) is 11.0 Å². The van der Waals surface area contributed by atoms with Gasteiger partial charge in [0.1, 0.15) is 0 Å². The van der Waals surface area contributed by atoms with Crippen molar-refractivity contribution in [3.05, 3.63) is 24.0 Å². The highest BCUT2D eigenvalue weighted by Gasteiger charge is 2.12.